The molecule has 0 saturated heterocycles. The van der Waals surface area contributed by atoms with Crippen molar-refractivity contribution >= 4 is 17.4 Å². The van der Waals surface area contributed by atoms with Gasteiger partial charge in [0.2, 0.25) is 0 Å². The van der Waals surface area contributed by atoms with E-state index in [1.54, 1.807) is 18.2 Å². The molecule has 0 atom stereocenters. The zero-order valence-corrected chi connectivity index (χ0v) is 18.2. The number of ketones is 1. The molecule has 0 saturated carbocycles. The van der Waals surface area contributed by atoms with Crippen molar-refractivity contribution < 1.29 is 9.53 Å². The minimum absolute atomic E-state index is 0.0240. The molecule has 33 heavy (non-hydrogen) atoms. The highest BCUT2D eigenvalue weighted by molar-refractivity contribution is 6.04. The van der Waals surface area contributed by atoms with Gasteiger partial charge in [-0.05, 0) is 54.5 Å². The largest absolute Gasteiger partial charge is 0.457 e. The molecule has 4 aromatic rings. The number of carbonyl (C=O) groups is 1. The number of nitrogens with two attached hydrogens (primary N) is 1. The second-order valence-corrected chi connectivity index (χ2v) is 7.34. The van der Waals surface area contributed by atoms with Crippen LogP contribution in [0.15, 0.2) is 97.3 Å². The minimum atomic E-state index is -0.0240. The topological polar surface area (TPSA) is 90.1 Å². The second-order valence-electron chi connectivity index (χ2n) is 7.34. The first-order valence-corrected chi connectivity index (χ1v) is 10.6. The minimum Gasteiger partial charge on any atom is -0.457 e. The second kappa shape index (κ2) is 10.2. The van der Waals surface area contributed by atoms with Gasteiger partial charge in [0.05, 0.1) is 5.56 Å². The highest BCUT2D eigenvalue weighted by Gasteiger charge is 2.12. The number of anilines is 2. The number of ether oxygens (including phenoxy) is 1. The van der Waals surface area contributed by atoms with Crippen molar-refractivity contribution in [3.05, 3.63) is 108 Å². The molecule has 0 amide bonds. The van der Waals surface area contributed by atoms with Crippen LogP contribution < -0.4 is 15.8 Å². The van der Waals surface area contributed by atoms with Gasteiger partial charge in [-0.1, -0.05) is 54.6 Å². The molecular formula is C27H24N4O2. The van der Waals surface area contributed by atoms with Crippen molar-refractivity contribution in [1.82, 2.24) is 9.97 Å². The van der Waals surface area contributed by atoms with Gasteiger partial charge < -0.3 is 15.8 Å². The lowest BCUT2D eigenvalue weighted by atomic mass is 10.1. The van der Waals surface area contributed by atoms with Crippen LogP contribution in [0.25, 0.3) is 11.1 Å². The van der Waals surface area contributed by atoms with Gasteiger partial charge in [0, 0.05) is 12.1 Å². The van der Waals surface area contributed by atoms with Crippen LogP contribution >= 0.6 is 0 Å². The van der Waals surface area contributed by atoms with E-state index in [0.717, 1.165) is 22.6 Å². The van der Waals surface area contributed by atoms with Crippen molar-refractivity contribution in [2.75, 3.05) is 11.1 Å². The van der Waals surface area contributed by atoms with Crippen LogP contribution in [0.1, 0.15) is 22.8 Å². The summed E-state index contributed by atoms with van der Waals surface area (Å²) in [4.78, 5) is 20.7. The molecule has 164 valence electrons. The van der Waals surface area contributed by atoms with E-state index in [-0.39, 0.29) is 5.78 Å². The molecule has 0 aliphatic carbocycles. The molecule has 4 rings (SSSR count). The first-order valence-electron chi connectivity index (χ1n) is 10.6. The maximum atomic E-state index is 12.1. The predicted molar refractivity (Wildman–Crippen MR) is 131 cm³/mol. The average molecular weight is 437 g/mol. The van der Waals surface area contributed by atoms with Crippen LogP contribution in [0.4, 0.5) is 11.6 Å². The summed E-state index contributed by atoms with van der Waals surface area (Å²) in [6.07, 6.45) is 4.72. The van der Waals surface area contributed by atoms with E-state index in [1.165, 1.54) is 6.33 Å². The van der Waals surface area contributed by atoms with Gasteiger partial charge in [-0.15, -0.1) is 0 Å². The van der Waals surface area contributed by atoms with E-state index in [4.69, 9.17) is 10.5 Å². The Morgan fingerprint density at radius 1 is 0.970 bits per heavy atom. The molecule has 1 heterocycles. The van der Waals surface area contributed by atoms with Gasteiger partial charge in [-0.25, -0.2) is 9.97 Å². The summed E-state index contributed by atoms with van der Waals surface area (Å²) in [5.41, 5.74) is 9.39. The van der Waals surface area contributed by atoms with Crippen molar-refractivity contribution in [3.63, 3.8) is 0 Å². The normalized spacial score (nSPS) is 10.8. The van der Waals surface area contributed by atoms with Gasteiger partial charge in [0.15, 0.2) is 5.78 Å². The fourth-order valence-electron chi connectivity index (χ4n) is 3.40. The molecule has 3 N–H and O–H groups in total. The lowest BCUT2D eigenvalue weighted by molar-refractivity contribution is 0.104. The molecule has 0 spiro atoms. The van der Waals surface area contributed by atoms with Crippen molar-refractivity contribution in [2.24, 2.45) is 0 Å². The summed E-state index contributed by atoms with van der Waals surface area (Å²) in [6, 6.07) is 24.7. The van der Waals surface area contributed by atoms with E-state index in [9.17, 15) is 4.79 Å². The standard InChI is InChI=1S/C27H24N4O2/c1-2-7-24(32)21-9-6-8-19(16-21)17-29-27-25(26(28)30-18-31-27)20-12-14-23(15-13-20)33-22-10-4-3-5-11-22/h2-16,18H,17H2,1H3,(H3,28,29,30,31)/b7-2+. The molecule has 6 nitrogen and oxygen atoms in total. The summed E-state index contributed by atoms with van der Waals surface area (Å²) in [6.45, 7) is 2.31. The average Bonchev–Trinajstić information content (AvgIpc) is 2.84. The fourth-order valence-corrected chi connectivity index (χ4v) is 3.40. The zero-order chi connectivity index (χ0) is 23.0. The van der Waals surface area contributed by atoms with Gasteiger partial charge in [0.25, 0.3) is 0 Å². The number of hydrogen-bond acceptors (Lipinski definition) is 6. The number of benzene rings is 3. The summed E-state index contributed by atoms with van der Waals surface area (Å²) >= 11 is 0. The van der Waals surface area contributed by atoms with Crippen LogP contribution in [0.3, 0.4) is 0 Å². The fraction of sp³-hybridized carbons (Fsp3) is 0.0741. The van der Waals surface area contributed by atoms with Crippen LogP contribution in [0.2, 0.25) is 0 Å². The van der Waals surface area contributed by atoms with E-state index >= 15 is 0 Å². The third kappa shape index (κ3) is 5.43. The number of allylic oxidation sites excluding steroid dienone is 2. The highest BCUT2D eigenvalue weighted by Crippen LogP contribution is 2.33. The molecule has 1 aromatic heterocycles. The van der Waals surface area contributed by atoms with Gasteiger partial charge >= 0.3 is 0 Å². The van der Waals surface area contributed by atoms with Gasteiger partial charge in [0.1, 0.15) is 29.5 Å². The monoisotopic (exact) mass is 436 g/mol. The first-order chi connectivity index (χ1) is 16.1. The predicted octanol–water partition coefficient (Wildman–Crippen LogP) is 5.89. The summed E-state index contributed by atoms with van der Waals surface area (Å²) < 4.78 is 5.87. The Hall–Kier alpha value is -4.45. The number of nitrogens with one attached hydrogen (secondary N) is 1. The number of para-hydroxylation sites is 1. The van der Waals surface area contributed by atoms with Crippen LogP contribution in [0.5, 0.6) is 11.5 Å². The van der Waals surface area contributed by atoms with Gasteiger partial charge in [-0.2, -0.15) is 0 Å². The van der Waals surface area contributed by atoms with Crippen molar-refractivity contribution in [1.29, 1.82) is 0 Å². The molecule has 0 unspecified atom stereocenters. The molecule has 0 radical (unpaired) electrons. The Morgan fingerprint density at radius 3 is 2.48 bits per heavy atom. The van der Waals surface area contributed by atoms with E-state index < -0.39 is 0 Å². The van der Waals surface area contributed by atoms with E-state index in [2.05, 4.69) is 15.3 Å². The highest BCUT2D eigenvalue weighted by atomic mass is 16.5. The number of nitrogen functional groups attached to an aromatic ring is 1. The maximum absolute atomic E-state index is 12.1. The number of nitrogens with zero attached hydrogens (tertiary/aromatic N) is 2. The molecular weight excluding hydrogens is 412 g/mol. The Balaban J connectivity index is 1.53. The van der Waals surface area contributed by atoms with E-state index in [0.29, 0.717) is 29.3 Å². The number of rotatable bonds is 8. The van der Waals surface area contributed by atoms with Gasteiger partial charge in [-0.3, -0.25) is 4.79 Å². The van der Waals surface area contributed by atoms with Crippen LogP contribution in [-0.2, 0) is 6.54 Å². The summed E-state index contributed by atoms with van der Waals surface area (Å²) in [5, 5.41) is 3.33. The van der Waals surface area contributed by atoms with Crippen LogP contribution in [0, 0.1) is 0 Å². The lowest BCUT2D eigenvalue weighted by Crippen LogP contribution is -2.07. The number of aromatic nitrogens is 2. The Labute approximate surface area is 192 Å². The van der Waals surface area contributed by atoms with E-state index in [1.807, 2.05) is 79.7 Å². The molecule has 6 heteroatoms. The summed E-state index contributed by atoms with van der Waals surface area (Å²) in [7, 11) is 0. The molecule has 3 aromatic carbocycles. The third-order valence-corrected chi connectivity index (χ3v) is 4.99. The smallest absolute Gasteiger partial charge is 0.185 e. The zero-order valence-electron chi connectivity index (χ0n) is 18.2. The molecule has 0 bridgehead atoms. The first kappa shape index (κ1) is 21.8. The maximum Gasteiger partial charge on any atom is 0.185 e. The van der Waals surface area contributed by atoms with Crippen molar-refractivity contribution in [3.8, 4) is 22.6 Å². The van der Waals surface area contributed by atoms with Crippen LogP contribution in [-0.4, -0.2) is 15.8 Å². The summed E-state index contributed by atoms with van der Waals surface area (Å²) in [5.74, 6) is 2.46. The molecule has 0 fully saturated rings. The quantitative estimate of drug-likeness (QED) is 0.264. The van der Waals surface area contributed by atoms with Crippen molar-refractivity contribution in [2.45, 2.75) is 13.5 Å². The Morgan fingerprint density at radius 2 is 1.73 bits per heavy atom. The Bertz CT molecular complexity index is 1270. The lowest BCUT2D eigenvalue weighted by Gasteiger charge is -2.14. The number of carbonyl (C=O) groups excluding carboxylic acids is 1. The SMILES string of the molecule is C/C=C/C(=O)c1cccc(CNc2ncnc(N)c2-c2ccc(Oc3ccccc3)cc2)c1. The number of hydrogen-bond donors (Lipinski definition) is 2. The Kier molecular flexibility index (Phi) is 6.75. The third-order valence-electron chi connectivity index (χ3n) is 4.99. The molecule has 0 aliphatic rings. The molecule has 0 aliphatic heterocycles.